The smallest absolute Gasteiger partial charge is 0.318 e. The van der Waals surface area contributed by atoms with E-state index in [1.54, 1.807) is 6.26 Å². The number of benzene rings is 1. The quantitative estimate of drug-likeness (QED) is 0.752. The van der Waals surface area contributed by atoms with Gasteiger partial charge in [0.2, 0.25) is 0 Å². The fourth-order valence-corrected chi connectivity index (χ4v) is 6.08. The summed E-state index contributed by atoms with van der Waals surface area (Å²) in [5.41, 5.74) is 1.94. The van der Waals surface area contributed by atoms with E-state index in [9.17, 15) is 9.90 Å². The third kappa shape index (κ3) is 1.15. The van der Waals surface area contributed by atoms with Crippen LogP contribution >= 0.6 is 0 Å². The van der Waals surface area contributed by atoms with Crippen molar-refractivity contribution in [2.45, 2.75) is 43.5 Å². The van der Waals surface area contributed by atoms with Gasteiger partial charge in [0.15, 0.2) is 5.79 Å². The third-order valence-corrected chi connectivity index (χ3v) is 7.23. The molecule has 1 spiro atoms. The van der Waals surface area contributed by atoms with Gasteiger partial charge >= 0.3 is 5.97 Å². The molecule has 1 saturated carbocycles. The van der Waals surface area contributed by atoms with E-state index in [2.05, 4.69) is 12.1 Å². The first kappa shape index (κ1) is 13.4. The van der Waals surface area contributed by atoms with Crippen molar-refractivity contribution >= 4 is 16.9 Å². The van der Waals surface area contributed by atoms with E-state index < -0.39 is 11.2 Å². The monoisotopic (exact) mass is 326 g/mol. The highest BCUT2D eigenvalue weighted by Gasteiger charge is 2.78. The van der Waals surface area contributed by atoms with Gasteiger partial charge in [0.1, 0.15) is 17.1 Å². The number of hydrogen-bond donors (Lipinski definition) is 1. The van der Waals surface area contributed by atoms with Crippen molar-refractivity contribution in [3.63, 3.8) is 0 Å². The average Bonchev–Trinajstić information content (AvgIpc) is 3.15. The first-order valence-electron chi connectivity index (χ1n) is 8.57. The van der Waals surface area contributed by atoms with E-state index in [-0.39, 0.29) is 23.4 Å². The van der Waals surface area contributed by atoms with Gasteiger partial charge in [-0.2, -0.15) is 0 Å². The Morgan fingerprint density at radius 2 is 2.12 bits per heavy atom. The van der Waals surface area contributed by atoms with Crippen LogP contribution in [0, 0.1) is 11.3 Å². The molecule has 2 unspecified atom stereocenters. The zero-order valence-corrected chi connectivity index (χ0v) is 13.4. The molecule has 4 fully saturated rings. The van der Waals surface area contributed by atoms with Crippen molar-refractivity contribution in [3.05, 3.63) is 35.6 Å². The summed E-state index contributed by atoms with van der Waals surface area (Å²) in [5, 5.41) is 12.1. The number of rotatable bonds is 0. The normalized spacial score (nSPS) is 45.2. The largest absolute Gasteiger partial charge is 0.464 e. The second-order valence-electron chi connectivity index (χ2n) is 7.99. The van der Waals surface area contributed by atoms with Crippen molar-refractivity contribution in [3.8, 4) is 0 Å². The maximum absolute atomic E-state index is 12.7. The van der Waals surface area contributed by atoms with Crippen LogP contribution in [-0.4, -0.2) is 29.6 Å². The van der Waals surface area contributed by atoms with Crippen LogP contribution in [-0.2, 0) is 26.1 Å². The van der Waals surface area contributed by atoms with Crippen molar-refractivity contribution in [1.82, 2.24) is 0 Å². The predicted octanol–water partition coefficient (Wildman–Crippen LogP) is 2.29. The van der Waals surface area contributed by atoms with Gasteiger partial charge in [-0.25, -0.2) is 0 Å². The lowest BCUT2D eigenvalue weighted by atomic mass is 9.46. The lowest BCUT2D eigenvalue weighted by Crippen LogP contribution is -2.71. The standard InChI is InChI=1S/C19H18O5/c1-17-15-13(24-16(17)20)8-11-12(3-2-10-4-7-22-14(10)11)18(15)5-6-19(17,21)23-9-18/h2-4,7,13,15,21H,5-6,8-9H2,1H3/t13-,15+,17+,18?,19?/m1/s1. The Kier molecular flexibility index (Phi) is 2.07. The number of hydrogen-bond acceptors (Lipinski definition) is 5. The van der Waals surface area contributed by atoms with Gasteiger partial charge in [0, 0.05) is 35.1 Å². The van der Waals surface area contributed by atoms with Gasteiger partial charge < -0.3 is 19.0 Å². The van der Waals surface area contributed by atoms with Gasteiger partial charge in [-0.05, 0) is 25.0 Å². The molecule has 1 aromatic heterocycles. The molecule has 5 aliphatic rings. The zero-order chi connectivity index (χ0) is 16.3. The third-order valence-electron chi connectivity index (χ3n) is 7.23. The summed E-state index contributed by atoms with van der Waals surface area (Å²) < 4.78 is 17.4. The Labute approximate surface area is 138 Å². The minimum atomic E-state index is -1.41. The van der Waals surface area contributed by atoms with E-state index in [1.807, 2.05) is 13.0 Å². The van der Waals surface area contributed by atoms with Crippen molar-refractivity contribution < 1.29 is 23.8 Å². The molecule has 4 heterocycles. The molecule has 0 amide bonds. The van der Waals surface area contributed by atoms with Crippen LogP contribution in [0.3, 0.4) is 0 Å². The predicted molar refractivity (Wildman–Crippen MR) is 83.2 cm³/mol. The van der Waals surface area contributed by atoms with Gasteiger partial charge in [0.25, 0.3) is 0 Å². The molecule has 2 aliphatic carbocycles. The minimum absolute atomic E-state index is 0.0510. The summed E-state index contributed by atoms with van der Waals surface area (Å²) in [7, 11) is 0. The molecule has 5 nitrogen and oxygen atoms in total. The van der Waals surface area contributed by atoms with Gasteiger partial charge in [-0.15, -0.1) is 0 Å². The molecule has 3 saturated heterocycles. The first-order valence-corrected chi connectivity index (χ1v) is 8.57. The van der Waals surface area contributed by atoms with E-state index in [0.29, 0.717) is 19.4 Å². The highest BCUT2D eigenvalue weighted by molar-refractivity contribution is 5.86. The van der Waals surface area contributed by atoms with Crippen LogP contribution in [0.15, 0.2) is 28.9 Å². The van der Waals surface area contributed by atoms with Gasteiger partial charge in [-0.3, -0.25) is 4.79 Å². The molecule has 0 radical (unpaired) electrons. The van der Waals surface area contributed by atoms with Crippen LogP contribution in [0.4, 0.5) is 0 Å². The van der Waals surface area contributed by atoms with Crippen molar-refractivity contribution in [1.29, 1.82) is 0 Å². The molecule has 3 aliphatic heterocycles. The molecule has 124 valence electrons. The summed E-state index contributed by atoms with van der Waals surface area (Å²) >= 11 is 0. The Morgan fingerprint density at radius 1 is 1.25 bits per heavy atom. The Balaban J connectivity index is 1.68. The Morgan fingerprint density at radius 3 is 2.92 bits per heavy atom. The number of ether oxygens (including phenoxy) is 2. The molecule has 1 N–H and O–H groups in total. The molecule has 2 aromatic rings. The number of esters is 1. The molecular formula is C19H18O5. The summed E-state index contributed by atoms with van der Waals surface area (Å²) in [4.78, 5) is 12.7. The number of aliphatic hydroxyl groups is 1. The van der Waals surface area contributed by atoms with Crippen LogP contribution in [0.25, 0.3) is 11.0 Å². The summed E-state index contributed by atoms with van der Waals surface area (Å²) in [5.74, 6) is -1.78. The lowest BCUT2D eigenvalue weighted by Gasteiger charge is -2.62. The lowest BCUT2D eigenvalue weighted by molar-refractivity contribution is -0.344. The van der Waals surface area contributed by atoms with Crippen molar-refractivity contribution in [2.75, 3.05) is 6.61 Å². The van der Waals surface area contributed by atoms with Crippen LogP contribution < -0.4 is 0 Å². The van der Waals surface area contributed by atoms with Crippen LogP contribution in [0.1, 0.15) is 30.9 Å². The summed E-state index contributed by atoms with van der Waals surface area (Å²) in [6, 6.07) is 6.20. The molecule has 2 bridgehead atoms. The Hall–Kier alpha value is -1.85. The summed E-state index contributed by atoms with van der Waals surface area (Å²) in [6.07, 6.45) is 3.38. The molecule has 7 rings (SSSR count). The number of carbonyl (C=O) groups is 1. The number of carbonyl (C=O) groups excluding carboxylic acids is 1. The summed E-state index contributed by atoms with van der Waals surface area (Å²) in [6.45, 7) is 2.25. The SMILES string of the molecule is C[C@]12C(=O)O[C@@H]3Cc4c(ccc5ccoc45)C4(CCC1(O)OC4)[C@@H]32. The first-order chi connectivity index (χ1) is 11.5. The zero-order valence-electron chi connectivity index (χ0n) is 13.4. The second kappa shape index (κ2) is 3.70. The van der Waals surface area contributed by atoms with E-state index >= 15 is 0 Å². The van der Waals surface area contributed by atoms with E-state index in [1.165, 1.54) is 5.56 Å². The minimum Gasteiger partial charge on any atom is -0.464 e. The Bertz CT molecular complexity index is 904. The second-order valence-corrected chi connectivity index (χ2v) is 7.99. The molecule has 24 heavy (non-hydrogen) atoms. The maximum atomic E-state index is 12.7. The fourth-order valence-electron chi connectivity index (χ4n) is 6.08. The molecule has 1 aromatic carbocycles. The van der Waals surface area contributed by atoms with E-state index in [0.717, 1.165) is 23.0 Å². The van der Waals surface area contributed by atoms with Crippen LogP contribution in [0.5, 0.6) is 0 Å². The molecule has 5 heteroatoms. The van der Waals surface area contributed by atoms with Gasteiger partial charge in [-0.1, -0.05) is 12.1 Å². The van der Waals surface area contributed by atoms with Crippen molar-refractivity contribution in [2.24, 2.45) is 11.3 Å². The number of furan rings is 1. The molecular weight excluding hydrogens is 308 g/mol. The van der Waals surface area contributed by atoms with Crippen LogP contribution in [0.2, 0.25) is 0 Å². The fraction of sp³-hybridized carbons (Fsp3) is 0.526. The van der Waals surface area contributed by atoms with Gasteiger partial charge in [0.05, 0.1) is 12.9 Å². The van der Waals surface area contributed by atoms with E-state index in [4.69, 9.17) is 13.9 Å². The topological polar surface area (TPSA) is 68.9 Å². The highest BCUT2D eigenvalue weighted by atomic mass is 16.6. The molecule has 5 atom stereocenters. The number of fused-ring (bicyclic) bond motifs is 5. The maximum Gasteiger partial charge on any atom is 0.318 e. The highest BCUT2D eigenvalue weighted by Crippen LogP contribution is 2.68. The average molecular weight is 326 g/mol.